The molecule has 0 spiro atoms. The lowest BCUT2D eigenvalue weighted by molar-refractivity contribution is -0.128. The Labute approximate surface area is 101 Å². The molecule has 5 heteroatoms. The Balaban J connectivity index is 1.73. The summed E-state index contributed by atoms with van der Waals surface area (Å²) in [6, 6.07) is -0.180. The molecule has 1 amide bonds. The lowest BCUT2D eigenvalue weighted by Crippen LogP contribution is -2.56. The van der Waals surface area contributed by atoms with Crippen LogP contribution in [-0.4, -0.2) is 48.8 Å². The summed E-state index contributed by atoms with van der Waals surface area (Å²) in [6.07, 6.45) is 2.49. The van der Waals surface area contributed by atoms with Crippen LogP contribution in [0.4, 0.5) is 0 Å². The monoisotopic (exact) mass is 244 g/mol. The second-order valence-corrected chi connectivity index (χ2v) is 5.80. The van der Waals surface area contributed by atoms with Gasteiger partial charge in [-0.05, 0) is 25.5 Å². The average Bonchev–Trinajstić information content (AvgIpc) is 2.79. The number of amides is 1. The first-order chi connectivity index (χ1) is 7.77. The summed E-state index contributed by atoms with van der Waals surface area (Å²) >= 11 is 1.97. The molecule has 0 bridgehead atoms. The van der Waals surface area contributed by atoms with Gasteiger partial charge in [0.05, 0.1) is 12.7 Å². The lowest BCUT2D eigenvalue weighted by atomic mass is 10.1. The summed E-state index contributed by atoms with van der Waals surface area (Å²) < 4.78 is 5.45. The molecule has 2 fully saturated rings. The van der Waals surface area contributed by atoms with Gasteiger partial charge in [-0.3, -0.25) is 4.79 Å². The number of carbonyl (C=O) groups is 1. The summed E-state index contributed by atoms with van der Waals surface area (Å²) in [5.41, 5.74) is 0. The predicted molar refractivity (Wildman–Crippen MR) is 65.7 cm³/mol. The number of ether oxygens (including phenoxy) is 1. The molecule has 2 N–H and O–H groups in total. The van der Waals surface area contributed by atoms with Crippen molar-refractivity contribution in [2.75, 3.05) is 25.4 Å². The number of hydrogen-bond acceptors (Lipinski definition) is 4. The van der Waals surface area contributed by atoms with Crippen molar-refractivity contribution >= 4 is 17.7 Å². The van der Waals surface area contributed by atoms with E-state index >= 15 is 0 Å². The highest BCUT2D eigenvalue weighted by molar-refractivity contribution is 8.00. The normalized spacial score (nSPS) is 34.9. The maximum absolute atomic E-state index is 11.9. The molecule has 0 aliphatic carbocycles. The van der Waals surface area contributed by atoms with Crippen molar-refractivity contribution in [1.82, 2.24) is 10.6 Å². The minimum Gasteiger partial charge on any atom is -0.375 e. The third-order valence-electron chi connectivity index (χ3n) is 3.13. The first-order valence-electron chi connectivity index (χ1n) is 6.01. The molecule has 1 unspecified atom stereocenters. The van der Waals surface area contributed by atoms with Crippen LogP contribution < -0.4 is 10.6 Å². The van der Waals surface area contributed by atoms with E-state index in [2.05, 4.69) is 10.6 Å². The van der Waals surface area contributed by atoms with E-state index in [0.717, 1.165) is 13.1 Å². The van der Waals surface area contributed by atoms with E-state index in [-0.39, 0.29) is 18.1 Å². The van der Waals surface area contributed by atoms with E-state index in [1.54, 1.807) is 0 Å². The van der Waals surface area contributed by atoms with Gasteiger partial charge in [-0.1, -0.05) is 0 Å². The maximum Gasteiger partial charge on any atom is 0.239 e. The molecule has 92 valence electrons. The maximum atomic E-state index is 11.9. The average molecular weight is 244 g/mol. The Morgan fingerprint density at radius 2 is 2.50 bits per heavy atom. The molecule has 3 atom stereocenters. The molecule has 2 aliphatic rings. The second-order valence-electron chi connectivity index (χ2n) is 4.39. The predicted octanol–water partition coefficient (Wildman–Crippen LogP) is 0.375. The van der Waals surface area contributed by atoms with E-state index in [1.807, 2.05) is 18.7 Å². The van der Waals surface area contributed by atoms with Crippen LogP contribution in [0, 0.1) is 0 Å². The molecule has 4 nitrogen and oxygen atoms in total. The molecule has 2 aliphatic heterocycles. The Hall–Kier alpha value is -0.260. The third-order valence-corrected chi connectivity index (χ3v) is 4.53. The van der Waals surface area contributed by atoms with Gasteiger partial charge in [0.2, 0.25) is 5.91 Å². The summed E-state index contributed by atoms with van der Waals surface area (Å²) in [5.74, 6) is 1.32. The number of hydrogen-bond donors (Lipinski definition) is 2. The van der Waals surface area contributed by atoms with Gasteiger partial charge in [-0.2, -0.15) is 11.8 Å². The van der Waals surface area contributed by atoms with Gasteiger partial charge in [0.25, 0.3) is 0 Å². The minimum atomic E-state index is -0.180. The van der Waals surface area contributed by atoms with Crippen LogP contribution in [0.1, 0.15) is 19.8 Å². The number of morpholine rings is 1. The largest absolute Gasteiger partial charge is 0.375 e. The van der Waals surface area contributed by atoms with E-state index < -0.39 is 0 Å². The highest BCUT2D eigenvalue weighted by atomic mass is 32.2. The quantitative estimate of drug-likeness (QED) is 0.753. The number of thioether (sulfide) groups is 1. The Kier molecular flexibility index (Phi) is 4.49. The van der Waals surface area contributed by atoms with Gasteiger partial charge in [-0.25, -0.2) is 0 Å². The summed E-state index contributed by atoms with van der Waals surface area (Å²) in [5, 5.41) is 6.84. The molecular formula is C11H20N2O2S. The fraction of sp³-hybridized carbons (Fsp3) is 0.909. The molecule has 0 radical (unpaired) electrons. The van der Waals surface area contributed by atoms with Crippen LogP contribution in [-0.2, 0) is 9.53 Å². The van der Waals surface area contributed by atoms with Crippen LogP contribution >= 0.6 is 11.8 Å². The zero-order valence-electron chi connectivity index (χ0n) is 9.70. The summed E-state index contributed by atoms with van der Waals surface area (Å²) in [6.45, 7) is 4.21. The zero-order valence-corrected chi connectivity index (χ0v) is 10.5. The van der Waals surface area contributed by atoms with E-state index in [9.17, 15) is 4.79 Å². The molecule has 16 heavy (non-hydrogen) atoms. The molecule has 2 rings (SSSR count). The highest BCUT2D eigenvalue weighted by Crippen LogP contribution is 2.25. The molecule has 2 saturated heterocycles. The van der Waals surface area contributed by atoms with E-state index in [1.165, 1.54) is 18.6 Å². The fourth-order valence-electron chi connectivity index (χ4n) is 2.16. The standard InChI is InChI=1S/C11H20N2O2S/c1-8-10(12-4-5-15-8)11(14)13-7-9-3-2-6-16-9/h8-10,12H,2-7H2,1H3,(H,13,14)/t8-,9?,10+/m1/s1. The number of rotatable bonds is 3. The van der Waals surface area contributed by atoms with Crippen LogP contribution in [0.25, 0.3) is 0 Å². The van der Waals surface area contributed by atoms with Crippen molar-refractivity contribution in [2.45, 2.75) is 37.2 Å². The summed E-state index contributed by atoms with van der Waals surface area (Å²) in [7, 11) is 0. The zero-order chi connectivity index (χ0) is 11.4. The minimum absolute atomic E-state index is 0.0232. The lowest BCUT2D eigenvalue weighted by Gasteiger charge is -2.29. The third kappa shape index (κ3) is 3.12. The smallest absolute Gasteiger partial charge is 0.239 e. The fourth-order valence-corrected chi connectivity index (χ4v) is 3.36. The highest BCUT2D eigenvalue weighted by Gasteiger charge is 2.28. The van der Waals surface area contributed by atoms with Crippen molar-refractivity contribution in [3.63, 3.8) is 0 Å². The van der Waals surface area contributed by atoms with Crippen molar-refractivity contribution in [2.24, 2.45) is 0 Å². The van der Waals surface area contributed by atoms with Crippen LogP contribution in [0.2, 0.25) is 0 Å². The van der Waals surface area contributed by atoms with Crippen LogP contribution in [0.3, 0.4) is 0 Å². The molecule has 0 aromatic heterocycles. The topological polar surface area (TPSA) is 50.4 Å². The molecule has 0 aromatic carbocycles. The first kappa shape index (κ1) is 12.2. The van der Waals surface area contributed by atoms with E-state index in [4.69, 9.17) is 4.74 Å². The number of carbonyl (C=O) groups excluding carboxylic acids is 1. The van der Waals surface area contributed by atoms with Crippen molar-refractivity contribution in [3.8, 4) is 0 Å². The number of nitrogens with one attached hydrogen (secondary N) is 2. The Morgan fingerprint density at radius 3 is 3.19 bits per heavy atom. The van der Waals surface area contributed by atoms with Gasteiger partial charge >= 0.3 is 0 Å². The van der Waals surface area contributed by atoms with Crippen molar-refractivity contribution in [1.29, 1.82) is 0 Å². The molecule has 0 saturated carbocycles. The Bertz CT molecular complexity index is 244. The van der Waals surface area contributed by atoms with Crippen molar-refractivity contribution in [3.05, 3.63) is 0 Å². The van der Waals surface area contributed by atoms with Crippen LogP contribution in [0.15, 0.2) is 0 Å². The molecule has 0 aromatic rings. The van der Waals surface area contributed by atoms with E-state index in [0.29, 0.717) is 11.9 Å². The van der Waals surface area contributed by atoms with Gasteiger partial charge in [0.1, 0.15) is 6.04 Å². The van der Waals surface area contributed by atoms with Gasteiger partial charge in [0.15, 0.2) is 0 Å². The second kappa shape index (κ2) is 5.89. The molecular weight excluding hydrogens is 224 g/mol. The van der Waals surface area contributed by atoms with Crippen molar-refractivity contribution < 1.29 is 9.53 Å². The van der Waals surface area contributed by atoms with Gasteiger partial charge in [0, 0.05) is 18.3 Å². The molecule has 2 heterocycles. The van der Waals surface area contributed by atoms with Gasteiger partial charge in [-0.15, -0.1) is 0 Å². The van der Waals surface area contributed by atoms with Gasteiger partial charge < -0.3 is 15.4 Å². The summed E-state index contributed by atoms with van der Waals surface area (Å²) in [4.78, 5) is 11.9. The van der Waals surface area contributed by atoms with Crippen LogP contribution in [0.5, 0.6) is 0 Å². The Morgan fingerprint density at radius 1 is 1.62 bits per heavy atom. The SMILES string of the molecule is C[C@H]1OCCN[C@@H]1C(=O)NCC1CCCS1. The first-order valence-corrected chi connectivity index (χ1v) is 7.06.